The SMILES string of the molecule is SCCC1OC(CCS)C(CCS)O1. The molecule has 0 spiro atoms. The van der Waals surface area contributed by atoms with Crippen molar-refractivity contribution in [1.29, 1.82) is 0 Å². The highest BCUT2D eigenvalue weighted by molar-refractivity contribution is 7.80. The van der Waals surface area contributed by atoms with Crippen LogP contribution in [0.3, 0.4) is 0 Å². The Morgan fingerprint density at radius 2 is 1.14 bits per heavy atom. The van der Waals surface area contributed by atoms with Crippen molar-refractivity contribution in [3.63, 3.8) is 0 Å². The third kappa shape index (κ3) is 3.85. The average Bonchev–Trinajstić information content (AvgIpc) is 2.50. The number of ether oxygens (including phenoxy) is 2. The summed E-state index contributed by atoms with van der Waals surface area (Å²) in [7, 11) is 0. The van der Waals surface area contributed by atoms with Crippen molar-refractivity contribution < 1.29 is 9.47 Å². The summed E-state index contributed by atoms with van der Waals surface area (Å²) in [6.07, 6.45) is 3.08. The van der Waals surface area contributed by atoms with Gasteiger partial charge in [0.25, 0.3) is 0 Å². The molecule has 0 amide bonds. The minimum absolute atomic E-state index is 0.0673. The van der Waals surface area contributed by atoms with Crippen molar-refractivity contribution in [2.75, 3.05) is 17.3 Å². The van der Waals surface area contributed by atoms with E-state index in [1.165, 1.54) is 0 Å². The lowest BCUT2D eigenvalue weighted by molar-refractivity contribution is -0.0664. The molecule has 1 fully saturated rings. The summed E-state index contributed by atoms with van der Waals surface area (Å²) < 4.78 is 11.5. The van der Waals surface area contributed by atoms with E-state index in [2.05, 4.69) is 37.9 Å². The molecule has 14 heavy (non-hydrogen) atoms. The summed E-state index contributed by atoms with van der Waals surface area (Å²) in [4.78, 5) is 0. The number of thiol groups is 3. The van der Waals surface area contributed by atoms with Crippen molar-refractivity contribution in [3.05, 3.63) is 0 Å². The van der Waals surface area contributed by atoms with E-state index >= 15 is 0 Å². The van der Waals surface area contributed by atoms with Crippen LogP contribution in [0.15, 0.2) is 0 Å². The van der Waals surface area contributed by atoms with Crippen LogP contribution in [-0.2, 0) is 9.47 Å². The van der Waals surface area contributed by atoms with Gasteiger partial charge >= 0.3 is 0 Å². The smallest absolute Gasteiger partial charge is 0.159 e. The van der Waals surface area contributed by atoms with E-state index < -0.39 is 0 Å². The fourth-order valence-corrected chi connectivity index (χ4v) is 2.32. The molecule has 2 nitrogen and oxygen atoms in total. The van der Waals surface area contributed by atoms with Crippen LogP contribution >= 0.6 is 37.9 Å². The standard InChI is InChI=1S/C9H18O2S3/c12-4-1-7-8(2-5-13)11-9(10-7)3-6-14/h7-9,12-14H,1-6H2. The second-order valence-electron chi connectivity index (χ2n) is 3.32. The highest BCUT2D eigenvalue weighted by atomic mass is 32.1. The van der Waals surface area contributed by atoms with Gasteiger partial charge in [-0.1, -0.05) is 0 Å². The Bertz CT molecular complexity index is 143. The third-order valence-corrected chi connectivity index (χ3v) is 3.03. The van der Waals surface area contributed by atoms with Crippen LogP contribution in [-0.4, -0.2) is 35.8 Å². The van der Waals surface area contributed by atoms with Gasteiger partial charge < -0.3 is 9.47 Å². The molecule has 1 aliphatic rings. The molecule has 1 heterocycles. The Hall–Kier alpha value is 0.970. The van der Waals surface area contributed by atoms with Gasteiger partial charge in [0.1, 0.15) is 0 Å². The lowest BCUT2D eigenvalue weighted by atomic mass is 10.1. The van der Waals surface area contributed by atoms with Crippen LogP contribution in [0, 0.1) is 0 Å². The van der Waals surface area contributed by atoms with Crippen LogP contribution in [0.4, 0.5) is 0 Å². The molecule has 0 aromatic rings. The number of rotatable bonds is 6. The largest absolute Gasteiger partial charge is 0.347 e. The summed E-state index contributed by atoms with van der Waals surface area (Å²) in [5.41, 5.74) is 0. The van der Waals surface area contributed by atoms with Crippen molar-refractivity contribution in [2.24, 2.45) is 0 Å². The second kappa shape index (κ2) is 7.28. The van der Waals surface area contributed by atoms with Gasteiger partial charge in [0.05, 0.1) is 12.2 Å². The van der Waals surface area contributed by atoms with Gasteiger partial charge in [0.15, 0.2) is 6.29 Å². The molecule has 0 bridgehead atoms. The molecule has 2 atom stereocenters. The molecule has 1 aliphatic heterocycles. The van der Waals surface area contributed by atoms with Gasteiger partial charge in [0, 0.05) is 6.42 Å². The topological polar surface area (TPSA) is 18.5 Å². The van der Waals surface area contributed by atoms with E-state index in [1.807, 2.05) is 0 Å². The van der Waals surface area contributed by atoms with Crippen LogP contribution in [0.25, 0.3) is 0 Å². The third-order valence-electron chi connectivity index (χ3n) is 2.26. The average molecular weight is 254 g/mol. The van der Waals surface area contributed by atoms with E-state index in [1.54, 1.807) is 0 Å². The lowest BCUT2D eigenvalue weighted by Gasteiger charge is -2.14. The minimum atomic E-state index is -0.0673. The van der Waals surface area contributed by atoms with Gasteiger partial charge in [-0.25, -0.2) is 0 Å². The van der Waals surface area contributed by atoms with Crippen LogP contribution in [0.1, 0.15) is 19.3 Å². The van der Waals surface area contributed by atoms with Crippen LogP contribution in [0.5, 0.6) is 0 Å². The molecule has 2 unspecified atom stereocenters. The predicted molar refractivity (Wildman–Crippen MR) is 68.9 cm³/mol. The molecule has 0 radical (unpaired) electrons. The zero-order valence-electron chi connectivity index (χ0n) is 8.13. The van der Waals surface area contributed by atoms with E-state index in [4.69, 9.17) is 9.47 Å². The minimum Gasteiger partial charge on any atom is -0.347 e. The van der Waals surface area contributed by atoms with Gasteiger partial charge in [0.2, 0.25) is 0 Å². The van der Waals surface area contributed by atoms with E-state index in [0.717, 1.165) is 36.5 Å². The Morgan fingerprint density at radius 3 is 1.50 bits per heavy atom. The fourth-order valence-electron chi connectivity index (χ4n) is 1.60. The first-order valence-electron chi connectivity index (χ1n) is 4.95. The first-order valence-corrected chi connectivity index (χ1v) is 6.85. The Morgan fingerprint density at radius 1 is 0.714 bits per heavy atom. The molecular formula is C9H18O2S3. The summed E-state index contributed by atoms with van der Waals surface area (Å²) in [6, 6.07) is 0. The van der Waals surface area contributed by atoms with Crippen molar-refractivity contribution in [2.45, 2.75) is 37.8 Å². The molecule has 1 saturated heterocycles. The fraction of sp³-hybridized carbons (Fsp3) is 1.00. The normalized spacial score (nSPS) is 32.4. The molecule has 84 valence electrons. The van der Waals surface area contributed by atoms with Crippen molar-refractivity contribution in [3.8, 4) is 0 Å². The van der Waals surface area contributed by atoms with Crippen molar-refractivity contribution in [1.82, 2.24) is 0 Å². The zero-order valence-corrected chi connectivity index (χ0v) is 10.8. The van der Waals surface area contributed by atoms with Crippen LogP contribution in [0.2, 0.25) is 0 Å². The zero-order chi connectivity index (χ0) is 10.4. The summed E-state index contributed by atoms with van der Waals surface area (Å²) >= 11 is 12.6. The Labute approximate surface area is 102 Å². The predicted octanol–water partition coefficient (Wildman–Crippen LogP) is 2.06. The molecule has 5 heteroatoms. The maximum Gasteiger partial charge on any atom is 0.159 e. The Balaban J connectivity index is 2.38. The van der Waals surface area contributed by atoms with E-state index in [-0.39, 0.29) is 18.5 Å². The van der Waals surface area contributed by atoms with Gasteiger partial charge in [-0.15, -0.1) is 0 Å². The van der Waals surface area contributed by atoms with Gasteiger partial charge in [-0.05, 0) is 30.1 Å². The summed E-state index contributed by atoms with van der Waals surface area (Å²) in [5.74, 6) is 2.47. The summed E-state index contributed by atoms with van der Waals surface area (Å²) in [5, 5.41) is 0. The molecule has 0 aliphatic carbocycles. The monoisotopic (exact) mass is 254 g/mol. The molecular weight excluding hydrogens is 236 g/mol. The second-order valence-corrected chi connectivity index (χ2v) is 4.66. The molecule has 0 aromatic heterocycles. The first-order chi connectivity index (χ1) is 6.81. The summed E-state index contributed by atoms with van der Waals surface area (Å²) in [6.45, 7) is 0. The first kappa shape index (κ1) is 13.0. The number of hydrogen-bond acceptors (Lipinski definition) is 5. The van der Waals surface area contributed by atoms with E-state index in [0.29, 0.717) is 0 Å². The number of hydrogen-bond donors (Lipinski definition) is 3. The highest BCUT2D eigenvalue weighted by Gasteiger charge is 2.34. The lowest BCUT2D eigenvalue weighted by Crippen LogP contribution is -2.23. The maximum atomic E-state index is 5.75. The van der Waals surface area contributed by atoms with Crippen molar-refractivity contribution >= 4 is 37.9 Å². The molecule has 0 saturated carbocycles. The highest BCUT2D eigenvalue weighted by Crippen LogP contribution is 2.26. The maximum absolute atomic E-state index is 5.75. The van der Waals surface area contributed by atoms with Crippen LogP contribution < -0.4 is 0 Å². The molecule has 1 rings (SSSR count). The molecule has 0 aromatic carbocycles. The van der Waals surface area contributed by atoms with Gasteiger partial charge in [-0.2, -0.15) is 37.9 Å². The quantitative estimate of drug-likeness (QED) is 0.630. The van der Waals surface area contributed by atoms with Gasteiger partial charge in [-0.3, -0.25) is 0 Å². The van der Waals surface area contributed by atoms with E-state index in [9.17, 15) is 0 Å². The Kier molecular flexibility index (Phi) is 6.78. The molecule has 0 N–H and O–H groups in total.